The van der Waals surface area contributed by atoms with Crippen LogP contribution in [-0.2, 0) is 4.74 Å². The molecule has 2 fully saturated rings. The summed E-state index contributed by atoms with van der Waals surface area (Å²) in [6.45, 7) is 5.54. The first-order valence-electron chi connectivity index (χ1n) is 5.80. The van der Waals surface area contributed by atoms with Crippen molar-refractivity contribution in [3.8, 4) is 0 Å². The Kier molecular flexibility index (Phi) is 3.42. The topological polar surface area (TPSA) is 32.7 Å². The quantitative estimate of drug-likeness (QED) is 0.729. The molecule has 2 aliphatic rings. The van der Waals surface area contributed by atoms with E-state index in [0.717, 1.165) is 19.2 Å². The highest BCUT2D eigenvalue weighted by Gasteiger charge is 2.37. The molecule has 0 bridgehead atoms. The lowest BCUT2D eigenvalue weighted by molar-refractivity contribution is -0.0419. The van der Waals surface area contributed by atoms with Crippen LogP contribution in [0.2, 0.25) is 0 Å². The molecule has 0 spiro atoms. The van der Waals surface area contributed by atoms with Gasteiger partial charge in [0.1, 0.15) is 0 Å². The highest BCUT2D eigenvalue weighted by molar-refractivity contribution is 4.91. The normalized spacial score (nSPS) is 38.6. The van der Waals surface area contributed by atoms with E-state index in [0.29, 0.717) is 18.6 Å². The van der Waals surface area contributed by atoms with Crippen molar-refractivity contribution in [2.45, 2.75) is 38.3 Å². The summed E-state index contributed by atoms with van der Waals surface area (Å²) in [5.74, 6) is 0.529. The van der Waals surface area contributed by atoms with Gasteiger partial charge in [-0.15, -0.1) is 0 Å². The molecule has 0 aromatic heterocycles. The average Bonchev–Trinajstić information content (AvgIpc) is 2.58. The van der Waals surface area contributed by atoms with Gasteiger partial charge in [0.25, 0.3) is 0 Å². The maximum Gasteiger partial charge on any atom is 0.0604 e. The van der Waals surface area contributed by atoms with E-state index >= 15 is 0 Å². The molecule has 1 unspecified atom stereocenters. The highest BCUT2D eigenvalue weighted by atomic mass is 16.5. The van der Waals surface area contributed by atoms with Crippen molar-refractivity contribution in [1.29, 1.82) is 0 Å². The number of rotatable bonds is 4. The maximum atomic E-state index is 9.04. The molecule has 1 aliphatic heterocycles. The Labute approximate surface area is 86.0 Å². The molecule has 1 saturated carbocycles. The number of likely N-dealkylation sites (tertiary alicyclic amines) is 1. The van der Waals surface area contributed by atoms with E-state index in [9.17, 15) is 0 Å². The van der Waals surface area contributed by atoms with Crippen molar-refractivity contribution < 1.29 is 9.84 Å². The van der Waals surface area contributed by atoms with Crippen LogP contribution in [0.1, 0.15) is 26.2 Å². The molecule has 0 aromatic carbocycles. The molecule has 0 amide bonds. The van der Waals surface area contributed by atoms with E-state index in [1.54, 1.807) is 0 Å². The van der Waals surface area contributed by atoms with Gasteiger partial charge >= 0.3 is 0 Å². The highest BCUT2D eigenvalue weighted by Crippen LogP contribution is 2.31. The van der Waals surface area contributed by atoms with Crippen LogP contribution in [0.25, 0.3) is 0 Å². The third-order valence-electron chi connectivity index (χ3n) is 3.56. The fourth-order valence-corrected chi connectivity index (χ4v) is 2.55. The van der Waals surface area contributed by atoms with Gasteiger partial charge in [0, 0.05) is 25.8 Å². The van der Waals surface area contributed by atoms with E-state index in [1.807, 2.05) is 0 Å². The molecule has 82 valence electrons. The van der Waals surface area contributed by atoms with Gasteiger partial charge < -0.3 is 9.84 Å². The number of aliphatic hydroxyl groups is 1. The van der Waals surface area contributed by atoms with Crippen molar-refractivity contribution in [3.05, 3.63) is 0 Å². The van der Waals surface area contributed by atoms with E-state index in [-0.39, 0.29) is 0 Å². The van der Waals surface area contributed by atoms with Crippen LogP contribution in [0, 0.1) is 5.92 Å². The van der Waals surface area contributed by atoms with Gasteiger partial charge in [-0.25, -0.2) is 0 Å². The lowest BCUT2D eigenvalue weighted by Crippen LogP contribution is -2.47. The Morgan fingerprint density at radius 2 is 2.21 bits per heavy atom. The van der Waals surface area contributed by atoms with Gasteiger partial charge in [-0.3, -0.25) is 4.90 Å². The molecule has 0 radical (unpaired) electrons. The molecular weight excluding hydrogens is 178 g/mol. The van der Waals surface area contributed by atoms with Gasteiger partial charge in [0.2, 0.25) is 0 Å². The molecular formula is C11H21NO2. The Hall–Kier alpha value is -0.120. The molecule has 3 heteroatoms. The number of hydrogen-bond donors (Lipinski definition) is 1. The summed E-state index contributed by atoms with van der Waals surface area (Å²) in [7, 11) is 0. The third kappa shape index (κ3) is 2.10. The largest absolute Gasteiger partial charge is 0.396 e. The van der Waals surface area contributed by atoms with Gasteiger partial charge in [0.05, 0.1) is 6.10 Å². The smallest absolute Gasteiger partial charge is 0.0604 e. The van der Waals surface area contributed by atoms with E-state index in [2.05, 4.69) is 11.8 Å². The minimum atomic E-state index is 0.359. The standard InChI is InChI=1S/C11H21NO2/c1-2-14-11-5-10(6-11)12-4-3-9(7-12)8-13/h9-11,13H,2-8H2,1H3. The van der Waals surface area contributed by atoms with Crippen molar-refractivity contribution in [3.63, 3.8) is 0 Å². The molecule has 0 aromatic rings. The lowest BCUT2D eigenvalue weighted by atomic mass is 9.88. The number of ether oxygens (including phenoxy) is 1. The van der Waals surface area contributed by atoms with Gasteiger partial charge in [-0.05, 0) is 38.6 Å². The zero-order chi connectivity index (χ0) is 9.97. The van der Waals surface area contributed by atoms with Gasteiger partial charge in [0.15, 0.2) is 0 Å². The number of nitrogens with zero attached hydrogens (tertiary/aromatic N) is 1. The second-order valence-corrected chi connectivity index (χ2v) is 4.53. The summed E-state index contributed by atoms with van der Waals surface area (Å²) < 4.78 is 5.54. The Morgan fingerprint density at radius 3 is 2.79 bits per heavy atom. The second kappa shape index (κ2) is 4.60. The van der Waals surface area contributed by atoms with Crippen LogP contribution >= 0.6 is 0 Å². The number of hydrogen-bond acceptors (Lipinski definition) is 3. The minimum Gasteiger partial charge on any atom is -0.396 e. The van der Waals surface area contributed by atoms with Crippen LogP contribution in [-0.4, -0.2) is 48.5 Å². The monoisotopic (exact) mass is 199 g/mol. The average molecular weight is 199 g/mol. The summed E-state index contributed by atoms with van der Waals surface area (Å²) in [6.07, 6.45) is 4.09. The molecule has 1 heterocycles. The van der Waals surface area contributed by atoms with Crippen LogP contribution in [0.15, 0.2) is 0 Å². The number of aliphatic hydroxyl groups excluding tert-OH is 1. The van der Waals surface area contributed by atoms with E-state index < -0.39 is 0 Å². The van der Waals surface area contributed by atoms with Crippen LogP contribution in [0.3, 0.4) is 0 Å². The van der Waals surface area contributed by atoms with Gasteiger partial charge in [-0.1, -0.05) is 0 Å². The Balaban J connectivity index is 1.68. The predicted octanol–water partition coefficient (Wildman–Crippen LogP) is 0.868. The zero-order valence-electron chi connectivity index (χ0n) is 8.98. The molecule has 1 aliphatic carbocycles. The van der Waals surface area contributed by atoms with E-state index in [1.165, 1.54) is 25.8 Å². The predicted molar refractivity (Wildman–Crippen MR) is 55.2 cm³/mol. The van der Waals surface area contributed by atoms with Crippen LogP contribution in [0.4, 0.5) is 0 Å². The first-order chi connectivity index (χ1) is 6.83. The SMILES string of the molecule is CCOC1CC(N2CCC(CO)C2)C1. The van der Waals surface area contributed by atoms with Crippen molar-refractivity contribution in [2.24, 2.45) is 5.92 Å². The second-order valence-electron chi connectivity index (χ2n) is 4.53. The van der Waals surface area contributed by atoms with E-state index in [4.69, 9.17) is 9.84 Å². The summed E-state index contributed by atoms with van der Waals surface area (Å²) in [4.78, 5) is 2.52. The lowest BCUT2D eigenvalue weighted by Gasteiger charge is -2.40. The molecule has 2 rings (SSSR count). The molecule has 1 atom stereocenters. The van der Waals surface area contributed by atoms with Crippen LogP contribution in [0.5, 0.6) is 0 Å². The summed E-state index contributed by atoms with van der Waals surface area (Å²) in [6, 6.07) is 0.739. The third-order valence-corrected chi connectivity index (χ3v) is 3.56. The maximum absolute atomic E-state index is 9.04. The Bertz CT molecular complexity index is 180. The minimum absolute atomic E-state index is 0.359. The van der Waals surface area contributed by atoms with Crippen molar-refractivity contribution in [2.75, 3.05) is 26.3 Å². The fraction of sp³-hybridized carbons (Fsp3) is 1.00. The van der Waals surface area contributed by atoms with Crippen molar-refractivity contribution in [1.82, 2.24) is 4.90 Å². The summed E-state index contributed by atoms with van der Waals surface area (Å²) >= 11 is 0. The van der Waals surface area contributed by atoms with Crippen LogP contribution < -0.4 is 0 Å². The summed E-state index contributed by atoms with van der Waals surface area (Å²) in [5.41, 5.74) is 0. The zero-order valence-corrected chi connectivity index (χ0v) is 8.98. The first kappa shape index (κ1) is 10.4. The van der Waals surface area contributed by atoms with Crippen molar-refractivity contribution >= 4 is 0 Å². The summed E-state index contributed by atoms with van der Waals surface area (Å²) in [5, 5.41) is 9.04. The molecule has 1 saturated heterocycles. The first-order valence-corrected chi connectivity index (χ1v) is 5.80. The molecule has 1 N–H and O–H groups in total. The van der Waals surface area contributed by atoms with Gasteiger partial charge in [-0.2, -0.15) is 0 Å². The molecule has 14 heavy (non-hydrogen) atoms. The fourth-order valence-electron chi connectivity index (χ4n) is 2.55. The molecule has 3 nitrogen and oxygen atoms in total. The Morgan fingerprint density at radius 1 is 1.43 bits per heavy atom.